The summed E-state index contributed by atoms with van der Waals surface area (Å²) in [7, 11) is 0. The Kier molecular flexibility index (Phi) is 4.21. The molecule has 0 heteroatoms. The molecule has 0 nitrogen and oxygen atoms in total. The summed E-state index contributed by atoms with van der Waals surface area (Å²) < 4.78 is 0. The van der Waals surface area contributed by atoms with Gasteiger partial charge in [0.2, 0.25) is 0 Å². The van der Waals surface area contributed by atoms with Crippen LogP contribution in [0.2, 0.25) is 0 Å². The van der Waals surface area contributed by atoms with Gasteiger partial charge in [-0.25, -0.2) is 0 Å². The van der Waals surface area contributed by atoms with Crippen LogP contribution in [-0.2, 0) is 0 Å². The van der Waals surface area contributed by atoms with Crippen LogP contribution in [0.25, 0.3) is 0 Å². The van der Waals surface area contributed by atoms with E-state index in [-0.39, 0.29) is 0 Å². The minimum Gasteiger partial charge on any atom is -0.0622 e. The summed E-state index contributed by atoms with van der Waals surface area (Å²) in [4.78, 5) is 0. The highest BCUT2D eigenvalue weighted by Gasteiger charge is 2.34. The van der Waals surface area contributed by atoms with Crippen molar-refractivity contribution in [2.75, 3.05) is 0 Å². The summed E-state index contributed by atoms with van der Waals surface area (Å²) in [6, 6.07) is 0. The first-order valence-electron chi connectivity index (χ1n) is 7.98. The Morgan fingerprint density at radius 3 is 2.18 bits per heavy atom. The second-order valence-corrected chi connectivity index (χ2v) is 7.90. The van der Waals surface area contributed by atoms with Crippen molar-refractivity contribution in [2.24, 2.45) is 29.1 Å². The fraction of sp³-hybridized carbons (Fsp3) is 1.00. The molecule has 2 aliphatic carbocycles. The third-order valence-electron chi connectivity index (χ3n) is 5.77. The molecule has 100 valence electrons. The van der Waals surface area contributed by atoms with Crippen LogP contribution >= 0.6 is 0 Å². The molecule has 0 N–H and O–H groups in total. The molecule has 0 aromatic carbocycles. The molecule has 0 heterocycles. The van der Waals surface area contributed by atoms with Crippen LogP contribution in [0, 0.1) is 29.1 Å². The zero-order valence-corrected chi connectivity index (χ0v) is 12.5. The summed E-state index contributed by atoms with van der Waals surface area (Å²) >= 11 is 0. The van der Waals surface area contributed by atoms with Gasteiger partial charge < -0.3 is 0 Å². The molecule has 4 atom stereocenters. The summed E-state index contributed by atoms with van der Waals surface area (Å²) in [6.07, 6.45) is 12.0. The van der Waals surface area contributed by atoms with Crippen molar-refractivity contribution in [1.29, 1.82) is 0 Å². The van der Waals surface area contributed by atoms with Gasteiger partial charge in [0.15, 0.2) is 0 Å². The van der Waals surface area contributed by atoms with Gasteiger partial charge in [-0.05, 0) is 54.8 Å². The van der Waals surface area contributed by atoms with E-state index in [0.717, 1.165) is 23.7 Å². The third kappa shape index (κ3) is 3.48. The second-order valence-electron chi connectivity index (χ2n) is 7.90. The van der Waals surface area contributed by atoms with E-state index in [4.69, 9.17) is 0 Å². The lowest BCUT2D eigenvalue weighted by Crippen LogP contribution is -2.31. The zero-order chi connectivity index (χ0) is 12.5. The average Bonchev–Trinajstić information content (AvgIpc) is 2.24. The monoisotopic (exact) mass is 236 g/mol. The highest BCUT2D eigenvalue weighted by molar-refractivity contribution is 4.85. The van der Waals surface area contributed by atoms with E-state index in [1.54, 1.807) is 6.42 Å². The molecule has 0 saturated heterocycles. The SMILES string of the molecule is CC1CCCCC1CC1CCC(C)(C)CC1C. The lowest BCUT2D eigenvalue weighted by Gasteiger charge is -2.42. The van der Waals surface area contributed by atoms with Crippen LogP contribution in [0.1, 0.15) is 79.1 Å². The van der Waals surface area contributed by atoms with Crippen LogP contribution in [0.4, 0.5) is 0 Å². The predicted molar refractivity (Wildman–Crippen MR) is 76.0 cm³/mol. The molecule has 0 aromatic rings. The van der Waals surface area contributed by atoms with E-state index in [1.807, 2.05) is 0 Å². The summed E-state index contributed by atoms with van der Waals surface area (Å²) in [5.74, 6) is 4.06. The quantitative estimate of drug-likeness (QED) is 0.580. The molecule has 4 unspecified atom stereocenters. The molecule has 0 aromatic heterocycles. The van der Waals surface area contributed by atoms with Crippen molar-refractivity contribution < 1.29 is 0 Å². The van der Waals surface area contributed by atoms with Crippen molar-refractivity contribution in [3.8, 4) is 0 Å². The van der Waals surface area contributed by atoms with Gasteiger partial charge in [-0.2, -0.15) is 0 Å². The molecule has 0 aliphatic heterocycles. The van der Waals surface area contributed by atoms with Gasteiger partial charge in [-0.1, -0.05) is 53.4 Å². The van der Waals surface area contributed by atoms with E-state index in [0.29, 0.717) is 5.41 Å². The summed E-state index contributed by atoms with van der Waals surface area (Å²) in [6.45, 7) is 9.94. The standard InChI is InChI=1S/C17H32/c1-13-7-5-6-8-15(13)11-16-9-10-17(3,4)12-14(16)2/h13-16H,5-12H2,1-4H3. The molecule has 0 bridgehead atoms. The molecule has 0 amide bonds. The van der Waals surface area contributed by atoms with Gasteiger partial charge in [0.25, 0.3) is 0 Å². The van der Waals surface area contributed by atoms with Gasteiger partial charge in [0.05, 0.1) is 0 Å². The molecule has 17 heavy (non-hydrogen) atoms. The molecular formula is C17H32. The maximum absolute atomic E-state index is 2.51. The third-order valence-corrected chi connectivity index (χ3v) is 5.77. The van der Waals surface area contributed by atoms with E-state index in [2.05, 4.69) is 27.7 Å². The number of rotatable bonds is 2. The minimum absolute atomic E-state index is 0.619. The number of hydrogen-bond acceptors (Lipinski definition) is 0. The van der Waals surface area contributed by atoms with Crippen LogP contribution in [0.3, 0.4) is 0 Å². The summed E-state index contributed by atoms with van der Waals surface area (Å²) in [5, 5.41) is 0. The smallest absolute Gasteiger partial charge is 0.0351 e. The van der Waals surface area contributed by atoms with Crippen LogP contribution < -0.4 is 0 Å². The molecule has 2 rings (SSSR count). The molecule has 0 spiro atoms. The Hall–Kier alpha value is 0. The van der Waals surface area contributed by atoms with Gasteiger partial charge in [-0.15, -0.1) is 0 Å². The van der Waals surface area contributed by atoms with E-state index >= 15 is 0 Å². The average molecular weight is 236 g/mol. The first-order chi connectivity index (χ1) is 7.98. The normalized spacial score (nSPS) is 42.4. The molecule has 2 aliphatic rings. The molecule has 0 radical (unpaired) electrons. The largest absolute Gasteiger partial charge is 0.0622 e. The highest BCUT2D eigenvalue weighted by Crippen LogP contribution is 2.46. The Morgan fingerprint density at radius 1 is 0.882 bits per heavy atom. The van der Waals surface area contributed by atoms with Crippen molar-refractivity contribution in [1.82, 2.24) is 0 Å². The summed E-state index contributed by atoms with van der Waals surface area (Å²) in [5.41, 5.74) is 0.619. The Morgan fingerprint density at radius 2 is 1.53 bits per heavy atom. The van der Waals surface area contributed by atoms with Gasteiger partial charge in [-0.3, -0.25) is 0 Å². The fourth-order valence-electron chi connectivity index (χ4n) is 4.48. The zero-order valence-electron chi connectivity index (χ0n) is 12.5. The van der Waals surface area contributed by atoms with E-state index < -0.39 is 0 Å². The Bertz CT molecular complexity index is 240. The first-order valence-corrected chi connectivity index (χ1v) is 7.98. The highest BCUT2D eigenvalue weighted by atomic mass is 14.4. The van der Waals surface area contributed by atoms with Gasteiger partial charge in [0, 0.05) is 0 Å². The van der Waals surface area contributed by atoms with Crippen molar-refractivity contribution in [3.05, 3.63) is 0 Å². The van der Waals surface area contributed by atoms with Gasteiger partial charge >= 0.3 is 0 Å². The Balaban J connectivity index is 1.86. The topological polar surface area (TPSA) is 0 Å². The molecular weight excluding hydrogens is 204 g/mol. The molecule has 2 fully saturated rings. The lowest BCUT2D eigenvalue weighted by atomic mass is 9.64. The minimum atomic E-state index is 0.619. The molecule has 2 saturated carbocycles. The van der Waals surface area contributed by atoms with E-state index in [1.165, 1.54) is 44.9 Å². The lowest BCUT2D eigenvalue weighted by molar-refractivity contribution is 0.0923. The van der Waals surface area contributed by atoms with E-state index in [9.17, 15) is 0 Å². The first kappa shape index (κ1) is 13.4. The second kappa shape index (κ2) is 5.33. The Labute approximate surface area is 109 Å². The number of hydrogen-bond donors (Lipinski definition) is 0. The van der Waals surface area contributed by atoms with Crippen molar-refractivity contribution in [3.63, 3.8) is 0 Å². The fourth-order valence-corrected chi connectivity index (χ4v) is 4.48. The van der Waals surface area contributed by atoms with Crippen molar-refractivity contribution >= 4 is 0 Å². The predicted octanol–water partition coefficient (Wildman–Crippen LogP) is 5.67. The van der Waals surface area contributed by atoms with Crippen LogP contribution in [-0.4, -0.2) is 0 Å². The maximum Gasteiger partial charge on any atom is -0.0351 e. The van der Waals surface area contributed by atoms with Crippen molar-refractivity contribution in [2.45, 2.75) is 79.1 Å². The van der Waals surface area contributed by atoms with Gasteiger partial charge in [0.1, 0.15) is 0 Å². The van der Waals surface area contributed by atoms with Crippen LogP contribution in [0.15, 0.2) is 0 Å². The van der Waals surface area contributed by atoms with Crippen LogP contribution in [0.5, 0.6) is 0 Å². The maximum atomic E-state index is 2.51.